The van der Waals surface area contributed by atoms with Gasteiger partial charge in [0.2, 0.25) is 5.91 Å². The highest BCUT2D eigenvalue weighted by atomic mass is 16.4. The minimum absolute atomic E-state index is 0.0361. The van der Waals surface area contributed by atoms with Gasteiger partial charge < -0.3 is 14.6 Å². The number of rotatable bonds is 4. The fourth-order valence-corrected chi connectivity index (χ4v) is 3.32. The van der Waals surface area contributed by atoms with Gasteiger partial charge in [-0.3, -0.25) is 9.59 Å². The molecule has 0 saturated carbocycles. The number of carboxylic acids is 1. The van der Waals surface area contributed by atoms with Gasteiger partial charge in [-0.25, -0.2) is 0 Å². The molecule has 2 aromatic rings. The summed E-state index contributed by atoms with van der Waals surface area (Å²) in [6.07, 6.45) is 2.94. The molecule has 1 amide bonds. The molecule has 1 saturated heterocycles. The molecule has 1 N–H and O–H groups in total. The number of amides is 1. The predicted octanol–water partition coefficient (Wildman–Crippen LogP) is 2.35. The summed E-state index contributed by atoms with van der Waals surface area (Å²) in [5.74, 6) is -1.20. The van der Waals surface area contributed by atoms with E-state index in [4.69, 9.17) is 5.11 Å². The van der Waals surface area contributed by atoms with Gasteiger partial charge >= 0.3 is 5.97 Å². The van der Waals surface area contributed by atoms with Crippen LogP contribution < -0.4 is 0 Å². The van der Waals surface area contributed by atoms with E-state index in [1.54, 1.807) is 4.90 Å². The third kappa shape index (κ3) is 2.58. The van der Waals surface area contributed by atoms with Crippen LogP contribution in [0.4, 0.5) is 0 Å². The van der Waals surface area contributed by atoms with Crippen molar-refractivity contribution in [3.05, 3.63) is 36.5 Å². The van der Waals surface area contributed by atoms with E-state index in [0.717, 1.165) is 10.9 Å². The van der Waals surface area contributed by atoms with Crippen molar-refractivity contribution in [2.24, 2.45) is 5.92 Å². The summed E-state index contributed by atoms with van der Waals surface area (Å²) >= 11 is 0. The standard InChI is InChI=1S/C17H20N2O3/c1-12-14(17(21)22)7-11-19(12)16(20)8-10-18-9-6-13-4-2-3-5-15(13)18/h2-6,9,12,14H,7-8,10-11H2,1H3,(H,21,22). The Hall–Kier alpha value is -2.30. The van der Waals surface area contributed by atoms with E-state index in [2.05, 4.69) is 4.57 Å². The number of nitrogens with zero attached hydrogens (tertiary/aromatic N) is 2. The molecule has 1 aromatic carbocycles. The second-order valence-corrected chi connectivity index (χ2v) is 5.88. The number of aliphatic carboxylic acids is 1. The molecule has 0 aliphatic carbocycles. The van der Waals surface area contributed by atoms with Gasteiger partial charge in [0, 0.05) is 37.3 Å². The lowest BCUT2D eigenvalue weighted by atomic mass is 10.0. The van der Waals surface area contributed by atoms with Crippen molar-refractivity contribution in [1.82, 2.24) is 9.47 Å². The van der Waals surface area contributed by atoms with E-state index >= 15 is 0 Å². The topological polar surface area (TPSA) is 62.5 Å². The Morgan fingerprint density at radius 2 is 2.05 bits per heavy atom. The summed E-state index contributed by atoms with van der Waals surface area (Å²) < 4.78 is 2.07. The van der Waals surface area contributed by atoms with Gasteiger partial charge in [0.05, 0.1) is 5.92 Å². The zero-order chi connectivity index (χ0) is 15.7. The van der Waals surface area contributed by atoms with E-state index in [0.29, 0.717) is 25.9 Å². The fraction of sp³-hybridized carbons (Fsp3) is 0.412. The predicted molar refractivity (Wildman–Crippen MR) is 83.5 cm³/mol. The van der Waals surface area contributed by atoms with E-state index in [1.165, 1.54) is 0 Å². The molecule has 1 aliphatic rings. The number of hydrogen-bond acceptors (Lipinski definition) is 2. The van der Waals surface area contributed by atoms with Crippen molar-refractivity contribution in [3.63, 3.8) is 0 Å². The average molecular weight is 300 g/mol. The molecular weight excluding hydrogens is 280 g/mol. The Kier molecular flexibility index (Phi) is 3.88. The first kappa shape index (κ1) is 14.6. The number of aryl methyl sites for hydroxylation is 1. The van der Waals surface area contributed by atoms with Crippen molar-refractivity contribution in [3.8, 4) is 0 Å². The highest BCUT2D eigenvalue weighted by molar-refractivity contribution is 5.81. The van der Waals surface area contributed by atoms with Crippen molar-refractivity contribution < 1.29 is 14.7 Å². The molecule has 3 rings (SSSR count). The average Bonchev–Trinajstić information content (AvgIpc) is 3.08. The van der Waals surface area contributed by atoms with Gasteiger partial charge in [-0.05, 0) is 30.9 Å². The maximum atomic E-state index is 12.4. The smallest absolute Gasteiger partial charge is 0.308 e. The van der Waals surface area contributed by atoms with E-state index in [1.807, 2.05) is 43.5 Å². The fourth-order valence-electron chi connectivity index (χ4n) is 3.32. The third-order valence-electron chi connectivity index (χ3n) is 4.64. The Morgan fingerprint density at radius 3 is 2.77 bits per heavy atom. The van der Waals surface area contributed by atoms with Gasteiger partial charge in [0.15, 0.2) is 0 Å². The lowest BCUT2D eigenvalue weighted by Crippen LogP contribution is -2.37. The Balaban J connectivity index is 1.64. The van der Waals surface area contributed by atoms with Gasteiger partial charge in [0.25, 0.3) is 0 Å². The van der Waals surface area contributed by atoms with Crippen LogP contribution in [-0.2, 0) is 16.1 Å². The van der Waals surface area contributed by atoms with E-state index in [9.17, 15) is 9.59 Å². The van der Waals surface area contributed by atoms with Crippen LogP contribution in [0.15, 0.2) is 36.5 Å². The molecule has 116 valence electrons. The zero-order valence-electron chi connectivity index (χ0n) is 12.6. The summed E-state index contributed by atoms with van der Waals surface area (Å²) in [6, 6.07) is 9.90. The Labute approximate surface area is 129 Å². The highest BCUT2D eigenvalue weighted by Gasteiger charge is 2.37. The minimum atomic E-state index is -0.806. The summed E-state index contributed by atoms with van der Waals surface area (Å²) in [5.41, 5.74) is 1.12. The SMILES string of the molecule is CC1C(C(=O)O)CCN1C(=O)CCn1ccc2ccccc21. The first-order valence-corrected chi connectivity index (χ1v) is 7.64. The molecule has 22 heavy (non-hydrogen) atoms. The van der Waals surface area contributed by atoms with Crippen LogP contribution in [0.5, 0.6) is 0 Å². The summed E-state index contributed by atoms with van der Waals surface area (Å²) in [7, 11) is 0. The van der Waals surface area contributed by atoms with Crippen LogP contribution in [0.25, 0.3) is 10.9 Å². The molecule has 0 radical (unpaired) electrons. The molecule has 2 unspecified atom stereocenters. The molecule has 0 bridgehead atoms. The lowest BCUT2D eigenvalue weighted by Gasteiger charge is -2.23. The Morgan fingerprint density at radius 1 is 1.27 bits per heavy atom. The second kappa shape index (κ2) is 5.83. The molecule has 2 heterocycles. The summed E-state index contributed by atoms with van der Waals surface area (Å²) in [5, 5.41) is 10.3. The molecular formula is C17H20N2O3. The number of para-hydroxylation sites is 1. The number of fused-ring (bicyclic) bond motifs is 1. The first-order valence-electron chi connectivity index (χ1n) is 7.64. The molecule has 5 nitrogen and oxygen atoms in total. The summed E-state index contributed by atoms with van der Waals surface area (Å²) in [6.45, 7) is 2.99. The number of hydrogen-bond donors (Lipinski definition) is 1. The molecule has 0 spiro atoms. The number of carbonyl (C=O) groups is 2. The van der Waals surface area contributed by atoms with Crippen LogP contribution >= 0.6 is 0 Å². The quantitative estimate of drug-likeness (QED) is 0.942. The van der Waals surface area contributed by atoms with Gasteiger partial charge in [0.1, 0.15) is 0 Å². The zero-order valence-corrected chi connectivity index (χ0v) is 12.6. The van der Waals surface area contributed by atoms with Gasteiger partial charge in [-0.15, -0.1) is 0 Å². The lowest BCUT2D eigenvalue weighted by molar-refractivity contribution is -0.143. The number of aromatic nitrogens is 1. The van der Waals surface area contributed by atoms with Crippen molar-refractivity contribution in [2.75, 3.05) is 6.54 Å². The molecule has 1 fully saturated rings. The van der Waals surface area contributed by atoms with Gasteiger partial charge in [-0.2, -0.15) is 0 Å². The number of likely N-dealkylation sites (tertiary alicyclic amines) is 1. The summed E-state index contributed by atoms with van der Waals surface area (Å²) in [4.78, 5) is 25.2. The Bertz CT molecular complexity index is 707. The monoisotopic (exact) mass is 300 g/mol. The molecule has 1 aromatic heterocycles. The molecule has 2 atom stereocenters. The largest absolute Gasteiger partial charge is 0.481 e. The highest BCUT2D eigenvalue weighted by Crippen LogP contribution is 2.25. The van der Waals surface area contributed by atoms with Crippen LogP contribution in [-0.4, -0.2) is 39.0 Å². The van der Waals surface area contributed by atoms with Crippen LogP contribution in [0.3, 0.4) is 0 Å². The van der Waals surface area contributed by atoms with Crippen LogP contribution in [0.2, 0.25) is 0 Å². The first-order chi connectivity index (χ1) is 10.6. The van der Waals surface area contributed by atoms with Gasteiger partial charge in [-0.1, -0.05) is 18.2 Å². The molecule has 5 heteroatoms. The van der Waals surface area contributed by atoms with Crippen molar-refractivity contribution in [2.45, 2.75) is 32.4 Å². The normalized spacial score (nSPS) is 21.4. The maximum Gasteiger partial charge on any atom is 0.308 e. The van der Waals surface area contributed by atoms with Crippen molar-refractivity contribution in [1.29, 1.82) is 0 Å². The number of benzene rings is 1. The molecule has 1 aliphatic heterocycles. The number of carboxylic acid groups (broad SMARTS) is 1. The number of carbonyl (C=O) groups excluding carboxylic acids is 1. The van der Waals surface area contributed by atoms with Crippen LogP contribution in [0.1, 0.15) is 19.8 Å². The van der Waals surface area contributed by atoms with E-state index < -0.39 is 11.9 Å². The third-order valence-corrected chi connectivity index (χ3v) is 4.64. The van der Waals surface area contributed by atoms with Crippen LogP contribution in [0, 0.1) is 5.92 Å². The maximum absolute atomic E-state index is 12.4. The van der Waals surface area contributed by atoms with Crippen molar-refractivity contribution >= 4 is 22.8 Å². The minimum Gasteiger partial charge on any atom is -0.481 e. The second-order valence-electron chi connectivity index (χ2n) is 5.88. The van der Waals surface area contributed by atoms with E-state index in [-0.39, 0.29) is 11.9 Å².